The van der Waals surface area contributed by atoms with E-state index in [9.17, 15) is 9.59 Å². The average molecular weight is 404 g/mol. The van der Waals surface area contributed by atoms with E-state index < -0.39 is 0 Å². The third kappa shape index (κ3) is 4.37. The van der Waals surface area contributed by atoms with Crippen LogP contribution in [0.3, 0.4) is 0 Å². The summed E-state index contributed by atoms with van der Waals surface area (Å²) in [6.07, 6.45) is 4.24. The molecule has 1 aliphatic rings. The molecule has 0 atom stereocenters. The maximum absolute atomic E-state index is 12.6. The van der Waals surface area contributed by atoms with Crippen LogP contribution in [0.15, 0.2) is 42.7 Å². The Bertz CT molecular complexity index is 1070. The van der Waals surface area contributed by atoms with Crippen molar-refractivity contribution in [3.05, 3.63) is 54.0 Å². The molecule has 0 unspecified atom stereocenters. The minimum absolute atomic E-state index is 0.0770. The molecule has 0 aliphatic carbocycles. The summed E-state index contributed by atoms with van der Waals surface area (Å²) in [7, 11) is 0. The quantitative estimate of drug-likeness (QED) is 0.705. The first kappa shape index (κ1) is 19.8. The number of nitrogens with zero attached hydrogens (tertiary/aromatic N) is 5. The minimum Gasteiger partial charge on any atom is -0.309 e. The van der Waals surface area contributed by atoms with E-state index in [0.29, 0.717) is 12.4 Å². The van der Waals surface area contributed by atoms with Crippen LogP contribution in [-0.4, -0.2) is 38.1 Å². The number of carbonyl (C=O) groups excluding carboxylic acids is 2. The first-order chi connectivity index (χ1) is 14.5. The number of rotatable bonds is 5. The van der Waals surface area contributed by atoms with Crippen molar-refractivity contribution in [2.45, 2.75) is 39.7 Å². The van der Waals surface area contributed by atoms with Gasteiger partial charge in [0.05, 0.1) is 23.8 Å². The molecular weight excluding hydrogens is 380 g/mol. The third-order valence-corrected chi connectivity index (χ3v) is 5.01. The topological polar surface area (TPSA) is 93.0 Å². The van der Waals surface area contributed by atoms with Crippen LogP contribution in [0.2, 0.25) is 0 Å². The molecule has 0 bridgehead atoms. The Balaban J connectivity index is 1.32. The van der Waals surface area contributed by atoms with Crippen LogP contribution < -0.4 is 10.2 Å². The molecule has 8 heteroatoms. The lowest BCUT2D eigenvalue weighted by Crippen LogP contribution is -2.37. The number of hydrogen-bond acceptors (Lipinski definition) is 5. The molecule has 30 heavy (non-hydrogen) atoms. The molecule has 1 N–H and O–H groups in total. The lowest BCUT2D eigenvalue weighted by Gasteiger charge is -2.27. The Morgan fingerprint density at radius 1 is 1.07 bits per heavy atom. The first-order valence-corrected chi connectivity index (χ1v) is 10.0. The second-order valence-corrected chi connectivity index (χ2v) is 7.47. The van der Waals surface area contributed by atoms with Gasteiger partial charge in [-0.3, -0.25) is 19.5 Å². The summed E-state index contributed by atoms with van der Waals surface area (Å²) in [5.74, 6) is 0.840. The summed E-state index contributed by atoms with van der Waals surface area (Å²) >= 11 is 0. The predicted octanol–water partition coefficient (Wildman–Crippen LogP) is 3.11. The van der Waals surface area contributed by atoms with Gasteiger partial charge in [-0.15, -0.1) is 0 Å². The van der Waals surface area contributed by atoms with Crippen LogP contribution in [0.1, 0.15) is 30.5 Å². The van der Waals surface area contributed by atoms with E-state index in [-0.39, 0.29) is 24.7 Å². The van der Waals surface area contributed by atoms with E-state index in [0.717, 1.165) is 41.3 Å². The molecule has 0 fully saturated rings. The van der Waals surface area contributed by atoms with Crippen LogP contribution in [0.5, 0.6) is 0 Å². The van der Waals surface area contributed by atoms with Crippen molar-refractivity contribution in [2.75, 3.05) is 16.8 Å². The van der Waals surface area contributed by atoms with E-state index in [1.807, 2.05) is 48.9 Å². The summed E-state index contributed by atoms with van der Waals surface area (Å²) < 4.78 is 1.85. The van der Waals surface area contributed by atoms with Gasteiger partial charge >= 0.3 is 0 Å². The maximum atomic E-state index is 12.6. The number of benzene rings is 1. The zero-order chi connectivity index (χ0) is 21.1. The van der Waals surface area contributed by atoms with Crippen LogP contribution in [0, 0.1) is 13.8 Å². The molecule has 3 heterocycles. The van der Waals surface area contributed by atoms with E-state index in [1.54, 1.807) is 11.1 Å². The van der Waals surface area contributed by atoms with Gasteiger partial charge in [-0.25, -0.2) is 9.67 Å². The number of fused-ring (bicyclic) bond motifs is 1. The fourth-order valence-electron chi connectivity index (χ4n) is 3.57. The van der Waals surface area contributed by atoms with E-state index in [4.69, 9.17) is 0 Å². The van der Waals surface area contributed by atoms with Gasteiger partial charge < -0.3 is 5.32 Å². The van der Waals surface area contributed by atoms with Crippen molar-refractivity contribution in [3.63, 3.8) is 0 Å². The number of aromatic nitrogens is 4. The molecule has 1 aliphatic heterocycles. The number of aryl methyl sites for hydroxylation is 3. The van der Waals surface area contributed by atoms with Gasteiger partial charge in [-0.2, -0.15) is 5.10 Å². The number of amides is 2. The van der Waals surface area contributed by atoms with Gasteiger partial charge in [-0.05, 0) is 26.3 Å². The van der Waals surface area contributed by atoms with Crippen LogP contribution in [-0.2, 0) is 16.1 Å². The van der Waals surface area contributed by atoms with Gasteiger partial charge in [0, 0.05) is 37.6 Å². The molecule has 0 saturated carbocycles. The Morgan fingerprint density at radius 3 is 2.70 bits per heavy atom. The van der Waals surface area contributed by atoms with Crippen LogP contribution in [0.4, 0.5) is 11.6 Å². The number of nitrogens with one attached hydrogen (secondary N) is 1. The summed E-state index contributed by atoms with van der Waals surface area (Å²) in [6.45, 7) is 5.39. The van der Waals surface area contributed by atoms with Crippen molar-refractivity contribution in [1.29, 1.82) is 0 Å². The molecule has 154 valence electrons. The second kappa shape index (κ2) is 8.44. The molecule has 8 nitrogen and oxygen atoms in total. The van der Waals surface area contributed by atoms with Crippen molar-refractivity contribution in [1.82, 2.24) is 19.7 Å². The zero-order valence-electron chi connectivity index (χ0n) is 17.1. The fourth-order valence-corrected chi connectivity index (χ4v) is 3.57. The Labute approximate surface area is 175 Å². The van der Waals surface area contributed by atoms with E-state index in [1.165, 1.54) is 6.20 Å². The molecule has 0 spiro atoms. The Morgan fingerprint density at radius 2 is 1.93 bits per heavy atom. The normalized spacial score (nSPS) is 13.1. The standard InChI is InChI=1S/C22H24N6O2/c1-15-5-3-6-17(11-15)18-13-24-19(14-23-18)25-20(29)7-8-22(30)27-9-4-10-28-21(27)12-16(2)26-28/h3,5-6,11-14H,4,7-10H2,1-2H3,(H,24,25,29). The first-order valence-electron chi connectivity index (χ1n) is 10.0. The zero-order valence-corrected chi connectivity index (χ0v) is 17.1. The number of carbonyl (C=O) groups is 2. The monoisotopic (exact) mass is 404 g/mol. The molecule has 1 aromatic carbocycles. The summed E-state index contributed by atoms with van der Waals surface area (Å²) in [4.78, 5) is 35.3. The number of hydrogen-bond donors (Lipinski definition) is 1. The Kier molecular flexibility index (Phi) is 5.56. The maximum Gasteiger partial charge on any atom is 0.228 e. The molecule has 4 rings (SSSR count). The van der Waals surface area contributed by atoms with Crippen LogP contribution in [0.25, 0.3) is 11.3 Å². The van der Waals surface area contributed by atoms with Crippen molar-refractivity contribution in [3.8, 4) is 11.3 Å². The summed E-state index contributed by atoms with van der Waals surface area (Å²) in [5, 5.41) is 7.11. The highest BCUT2D eigenvalue weighted by atomic mass is 16.2. The second-order valence-electron chi connectivity index (χ2n) is 7.47. The lowest BCUT2D eigenvalue weighted by atomic mass is 10.1. The third-order valence-electron chi connectivity index (χ3n) is 5.01. The van der Waals surface area contributed by atoms with Gasteiger partial charge in [-0.1, -0.05) is 23.8 Å². The highest BCUT2D eigenvalue weighted by Gasteiger charge is 2.24. The molecule has 3 aromatic rings. The SMILES string of the molecule is Cc1cccc(-c2cnc(NC(=O)CCC(=O)N3CCCn4nc(C)cc43)cn2)c1. The largest absolute Gasteiger partial charge is 0.309 e. The average Bonchev–Trinajstić information content (AvgIpc) is 3.12. The minimum atomic E-state index is -0.261. The van der Waals surface area contributed by atoms with Gasteiger partial charge in [0.1, 0.15) is 5.82 Å². The predicted molar refractivity (Wildman–Crippen MR) is 114 cm³/mol. The smallest absolute Gasteiger partial charge is 0.228 e. The highest BCUT2D eigenvalue weighted by molar-refractivity contribution is 5.97. The highest BCUT2D eigenvalue weighted by Crippen LogP contribution is 2.23. The summed E-state index contributed by atoms with van der Waals surface area (Å²) in [6, 6.07) is 9.89. The fraction of sp³-hybridized carbons (Fsp3) is 0.318. The van der Waals surface area contributed by atoms with Gasteiger partial charge in [0.25, 0.3) is 0 Å². The number of anilines is 2. The van der Waals surface area contributed by atoms with Crippen molar-refractivity contribution < 1.29 is 9.59 Å². The van der Waals surface area contributed by atoms with Crippen molar-refractivity contribution in [2.24, 2.45) is 0 Å². The lowest BCUT2D eigenvalue weighted by molar-refractivity contribution is -0.122. The Hall–Kier alpha value is -3.55. The summed E-state index contributed by atoms with van der Waals surface area (Å²) in [5.41, 5.74) is 3.74. The molecule has 2 aromatic heterocycles. The van der Waals surface area contributed by atoms with Crippen molar-refractivity contribution >= 4 is 23.5 Å². The molecule has 0 radical (unpaired) electrons. The van der Waals surface area contributed by atoms with Gasteiger partial charge in [0.2, 0.25) is 11.8 Å². The molecule has 0 saturated heterocycles. The van der Waals surface area contributed by atoms with E-state index in [2.05, 4.69) is 20.4 Å². The molecule has 2 amide bonds. The molecular formula is C22H24N6O2. The van der Waals surface area contributed by atoms with Crippen LogP contribution >= 0.6 is 0 Å². The van der Waals surface area contributed by atoms with Gasteiger partial charge in [0.15, 0.2) is 5.82 Å². The van der Waals surface area contributed by atoms with E-state index >= 15 is 0 Å².